The van der Waals surface area contributed by atoms with Crippen LogP contribution in [0.1, 0.15) is 47.0 Å². The van der Waals surface area contributed by atoms with Crippen LogP contribution in [-0.4, -0.2) is 69.9 Å². The number of nitrogens with two attached hydrogens (primary N) is 2. The van der Waals surface area contributed by atoms with Gasteiger partial charge in [0.25, 0.3) is 0 Å². The average molecular weight is 460 g/mol. The number of carbonyl (C=O) groups is 6. The number of aliphatic carboxylic acids is 2. The molecule has 4 unspecified atom stereocenters. The summed E-state index contributed by atoms with van der Waals surface area (Å²) in [5.41, 5.74) is 10.6. The Morgan fingerprint density at radius 3 is 1.72 bits per heavy atom. The number of carboxylic acid groups (broad SMARTS) is 2. The van der Waals surface area contributed by atoms with Crippen molar-refractivity contribution in [1.82, 2.24) is 16.0 Å². The summed E-state index contributed by atoms with van der Waals surface area (Å²) in [5, 5.41) is 25.0. The molecule has 0 aromatic heterocycles. The molecule has 0 rings (SSSR count). The molecular weight excluding hydrogens is 426 g/mol. The third kappa shape index (κ3) is 10.7. The van der Waals surface area contributed by atoms with Gasteiger partial charge in [-0.15, -0.1) is 0 Å². The minimum atomic E-state index is -1.51. The van der Waals surface area contributed by atoms with Gasteiger partial charge in [-0.25, -0.2) is 4.79 Å². The molecule has 32 heavy (non-hydrogen) atoms. The molecule has 0 aliphatic heterocycles. The molecule has 13 heteroatoms. The lowest BCUT2D eigenvalue weighted by Gasteiger charge is -2.27. The number of amides is 4. The van der Waals surface area contributed by atoms with Crippen molar-refractivity contribution in [1.29, 1.82) is 0 Å². The Hall–Kier alpha value is -3.22. The third-order valence-corrected chi connectivity index (χ3v) is 4.34. The second-order valence-corrected chi connectivity index (χ2v) is 8.20. The Morgan fingerprint density at radius 1 is 0.781 bits per heavy atom. The molecule has 0 aromatic rings. The largest absolute Gasteiger partial charge is 0.481 e. The van der Waals surface area contributed by atoms with Crippen LogP contribution < -0.4 is 27.4 Å². The lowest BCUT2D eigenvalue weighted by molar-refractivity contribution is -0.143. The van der Waals surface area contributed by atoms with Gasteiger partial charge in [-0.1, -0.05) is 27.7 Å². The molecule has 13 nitrogen and oxygen atoms in total. The van der Waals surface area contributed by atoms with Crippen molar-refractivity contribution in [2.24, 2.45) is 23.3 Å². The number of hydrogen-bond acceptors (Lipinski definition) is 7. The molecule has 0 radical (unpaired) electrons. The molecule has 0 saturated heterocycles. The van der Waals surface area contributed by atoms with E-state index in [-0.39, 0.29) is 12.3 Å². The second kappa shape index (κ2) is 13.2. The number of carbonyl (C=O) groups excluding carboxylic acids is 4. The Bertz CT molecular complexity index is 725. The van der Waals surface area contributed by atoms with Crippen LogP contribution in [0.25, 0.3) is 0 Å². The van der Waals surface area contributed by atoms with Crippen LogP contribution in [0.5, 0.6) is 0 Å². The maximum absolute atomic E-state index is 12.7. The molecule has 0 aliphatic rings. The number of rotatable bonds is 14. The number of primary amides is 1. The van der Waals surface area contributed by atoms with E-state index in [4.69, 9.17) is 16.6 Å². The van der Waals surface area contributed by atoms with Crippen LogP contribution in [0.3, 0.4) is 0 Å². The fourth-order valence-corrected chi connectivity index (χ4v) is 2.71. The van der Waals surface area contributed by atoms with E-state index in [0.29, 0.717) is 0 Å². The highest BCUT2D eigenvalue weighted by Gasteiger charge is 2.32. The minimum Gasteiger partial charge on any atom is -0.481 e. The highest BCUT2D eigenvalue weighted by atomic mass is 16.4. The summed E-state index contributed by atoms with van der Waals surface area (Å²) in [5.74, 6) is -6.70. The Morgan fingerprint density at radius 2 is 1.31 bits per heavy atom. The molecule has 0 fully saturated rings. The topological polar surface area (TPSA) is 231 Å². The fourth-order valence-electron chi connectivity index (χ4n) is 2.71. The monoisotopic (exact) mass is 459 g/mol. The summed E-state index contributed by atoms with van der Waals surface area (Å²) < 4.78 is 0. The predicted molar refractivity (Wildman–Crippen MR) is 112 cm³/mol. The number of nitrogens with one attached hydrogen (secondary N) is 3. The Kier molecular flexibility index (Phi) is 11.9. The van der Waals surface area contributed by atoms with Crippen molar-refractivity contribution in [3.05, 3.63) is 0 Å². The summed E-state index contributed by atoms with van der Waals surface area (Å²) in [4.78, 5) is 70.9. The van der Waals surface area contributed by atoms with E-state index in [2.05, 4.69) is 16.0 Å². The van der Waals surface area contributed by atoms with Crippen molar-refractivity contribution in [3.8, 4) is 0 Å². The van der Waals surface area contributed by atoms with Gasteiger partial charge in [0, 0.05) is 0 Å². The molecule has 4 atom stereocenters. The highest BCUT2D eigenvalue weighted by molar-refractivity contribution is 5.96. The normalized spacial score (nSPS) is 14.7. The standard InChI is InChI=1S/C19H33N5O8/c1-8(2)5-12(19(31)32)23-18(30)15(9(3)4)24-17(29)11(7-13(21)25)22-16(28)10(20)6-14(26)27/h8-12,15H,5-7,20H2,1-4H3,(H2,21,25)(H,22,28)(H,23,30)(H,24,29)(H,26,27)(H,31,32). The molecule has 9 N–H and O–H groups in total. The zero-order valence-corrected chi connectivity index (χ0v) is 18.6. The van der Waals surface area contributed by atoms with E-state index in [1.54, 1.807) is 27.7 Å². The molecule has 4 amide bonds. The lowest BCUT2D eigenvalue weighted by Crippen LogP contribution is -2.59. The average Bonchev–Trinajstić information content (AvgIpc) is 2.62. The third-order valence-electron chi connectivity index (χ3n) is 4.34. The van der Waals surface area contributed by atoms with Crippen molar-refractivity contribution < 1.29 is 39.0 Å². The fraction of sp³-hybridized carbons (Fsp3) is 0.684. The molecule has 0 spiro atoms. The summed E-state index contributed by atoms with van der Waals surface area (Å²) in [7, 11) is 0. The zero-order valence-electron chi connectivity index (χ0n) is 18.6. The summed E-state index contributed by atoms with van der Waals surface area (Å²) in [6, 6.07) is -5.35. The Labute approximate surface area is 185 Å². The summed E-state index contributed by atoms with van der Waals surface area (Å²) >= 11 is 0. The predicted octanol–water partition coefficient (Wildman–Crippen LogP) is -2.10. The molecule has 182 valence electrons. The van der Waals surface area contributed by atoms with Crippen LogP contribution in [-0.2, 0) is 28.8 Å². The second-order valence-electron chi connectivity index (χ2n) is 8.20. The van der Waals surface area contributed by atoms with Gasteiger partial charge in [-0.2, -0.15) is 0 Å². The van der Waals surface area contributed by atoms with E-state index in [1.165, 1.54) is 0 Å². The first-order valence-electron chi connectivity index (χ1n) is 10.0. The van der Waals surface area contributed by atoms with Gasteiger partial charge in [0.15, 0.2) is 0 Å². The number of carboxylic acids is 2. The van der Waals surface area contributed by atoms with Gasteiger partial charge in [-0.3, -0.25) is 24.0 Å². The van der Waals surface area contributed by atoms with E-state index < -0.39 is 78.5 Å². The van der Waals surface area contributed by atoms with E-state index in [0.717, 1.165) is 0 Å². The van der Waals surface area contributed by atoms with Gasteiger partial charge in [0.2, 0.25) is 23.6 Å². The van der Waals surface area contributed by atoms with Crippen LogP contribution in [0.2, 0.25) is 0 Å². The first kappa shape index (κ1) is 28.8. The van der Waals surface area contributed by atoms with Gasteiger partial charge in [0.05, 0.1) is 18.9 Å². The van der Waals surface area contributed by atoms with Crippen LogP contribution in [0.4, 0.5) is 0 Å². The van der Waals surface area contributed by atoms with Gasteiger partial charge in [-0.05, 0) is 18.3 Å². The molecule has 0 aliphatic carbocycles. The molecule has 0 aromatic carbocycles. The van der Waals surface area contributed by atoms with Crippen molar-refractivity contribution >= 4 is 35.6 Å². The quantitative estimate of drug-likeness (QED) is 0.151. The summed E-state index contributed by atoms with van der Waals surface area (Å²) in [6.07, 6.45) is -1.17. The zero-order chi connectivity index (χ0) is 25.2. The maximum atomic E-state index is 12.7. The van der Waals surface area contributed by atoms with Crippen molar-refractivity contribution in [2.75, 3.05) is 0 Å². The van der Waals surface area contributed by atoms with Gasteiger partial charge in [0.1, 0.15) is 18.1 Å². The molecule has 0 saturated carbocycles. The van der Waals surface area contributed by atoms with Crippen molar-refractivity contribution in [2.45, 2.75) is 71.1 Å². The van der Waals surface area contributed by atoms with E-state index in [1.807, 2.05) is 0 Å². The SMILES string of the molecule is CC(C)CC(NC(=O)C(NC(=O)C(CC(N)=O)NC(=O)C(N)CC(=O)O)C(C)C)C(=O)O. The Balaban J connectivity index is 5.45. The van der Waals surface area contributed by atoms with E-state index in [9.17, 15) is 33.9 Å². The lowest BCUT2D eigenvalue weighted by atomic mass is 10.00. The van der Waals surface area contributed by atoms with Gasteiger partial charge >= 0.3 is 11.9 Å². The smallest absolute Gasteiger partial charge is 0.326 e. The molecule has 0 heterocycles. The summed E-state index contributed by atoms with van der Waals surface area (Å²) in [6.45, 7) is 6.78. The van der Waals surface area contributed by atoms with E-state index >= 15 is 0 Å². The van der Waals surface area contributed by atoms with Crippen LogP contribution in [0, 0.1) is 11.8 Å². The molecule has 0 bridgehead atoms. The van der Waals surface area contributed by atoms with Crippen LogP contribution >= 0.6 is 0 Å². The molecular formula is C19H33N5O8. The van der Waals surface area contributed by atoms with Gasteiger partial charge < -0.3 is 37.6 Å². The number of hydrogen-bond donors (Lipinski definition) is 7. The first-order valence-corrected chi connectivity index (χ1v) is 10.0. The highest BCUT2D eigenvalue weighted by Crippen LogP contribution is 2.08. The van der Waals surface area contributed by atoms with Crippen LogP contribution in [0.15, 0.2) is 0 Å². The maximum Gasteiger partial charge on any atom is 0.326 e. The first-order chi connectivity index (χ1) is 14.6. The minimum absolute atomic E-state index is 0.0198. The van der Waals surface area contributed by atoms with Crippen molar-refractivity contribution in [3.63, 3.8) is 0 Å².